The van der Waals surface area contributed by atoms with Crippen LogP contribution in [0.1, 0.15) is 0 Å². The lowest BCUT2D eigenvalue weighted by atomic mass is 10.0. The highest BCUT2D eigenvalue weighted by Crippen LogP contribution is 2.33. The van der Waals surface area contributed by atoms with E-state index in [0.717, 1.165) is 4.57 Å². The van der Waals surface area contributed by atoms with Gasteiger partial charge in [-0.1, -0.05) is 18.2 Å². The summed E-state index contributed by atoms with van der Waals surface area (Å²) >= 11 is 0. The Morgan fingerprint density at radius 3 is 2.59 bits per heavy atom. The van der Waals surface area contributed by atoms with Crippen molar-refractivity contribution in [2.24, 2.45) is 0 Å². The monoisotopic (exact) mass is 301 g/mol. The molecule has 3 aromatic rings. The van der Waals surface area contributed by atoms with Gasteiger partial charge in [-0.15, -0.1) is 0 Å². The summed E-state index contributed by atoms with van der Waals surface area (Å²) in [5.41, 5.74) is 1.60. The van der Waals surface area contributed by atoms with Gasteiger partial charge in [0.1, 0.15) is 6.54 Å². The number of carbonyl (C=O) groups is 1. The van der Waals surface area contributed by atoms with Crippen molar-refractivity contribution in [3.8, 4) is 22.6 Å². The van der Waals surface area contributed by atoms with Crippen molar-refractivity contribution in [3.05, 3.63) is 46.9 Å². The Hall–Kier alpha value is -3.22. The van der Waals surface area contributed by atoms with E-state index in [1.54, 1.807) is 24.3 Å². The number of rotatable bonds is 3. The molecule has 1 aromatic heterocycles. The number of carboxylic acids is 1. The molecular formula is C15H11NO6. The SMILES string of the molecule is O=C(O)Cn1c(=O)oc2c(-c3ccc(O)c(O)c3)cccc21. The van der Waals surface area contributed by atoms with Crippen LogP contribution >= 0.6 is 0 Å². The predicted molar refractivity (Wildman–Crippen MR) is 76.9 cm³/mol. The maximum absolute atomic E-state index is 11.8. The number of hydrogen-bond acceptors (Lipinski definition) is 5. The zero-order chi connectivity index (χ0) is 15.9. The van der Waals surface area contributed by atoms with Gasteiger partial charge in [0.2, 0.25) is 0 Å². The van der Waals surface area contributed by atoms with Crippen molar-refractivity contribution in [1.29, 1.82) is 0 Å². The smallest absolute Gasteiger partial charge is 0.420 e. The molecule has 1 heterocycles. The first-order valence-electron chi connectivity index (χ1n) is 6.34. The van der Waals surface area contributed by atoms with Gasteiger partial charge in [0.15, 0.2) is 17.1 Å². The van der Waals surface area contributed by atoms with Gasteiger partial charge in [-0.3, -0.25) is 9.36 Å². The van der Waals surface area contributed by atoms with E-state index >= 15 is 0 Å². The highest BCUT2D eigenvalue weighted by atomic mass is 16.4. The number of fused-ring (bicyclic) bond motifs is 1. The quantitative estimate of drug-likeness (QED) is 0.635. The number of oxazole rings is 1. The summed E-state index contributed by atoms with van der Waals surface area (Å²) in [5.74, 6) is -2.49. The summed E-state index contributed by atoms with van der Waals surface area (Å²) in [6, 6.07) is 9.09. The lowest BCUT2D eigenvalue weighted by molar-refractivity contribution is -0.137. The number of para-hydroxylation sites is 1. The van der Waals surface area contributed by atoms with Crippen LogP contribution in [0.3, 0.4) is 0 Å². The van der Waals surface area contributed by atoms with E-state index in [1.807, 2.05) is 0 Å². The van der Waals surface area contributed by atoms with Gasteiger partial charge in [0.05, 0.1) is 5.52 Å². The highest BCUT2D eigenvalue weighted by Gasteiger charge is 2.16. The van der Waals surface area contributed by atoms with E-state index in [1.165, 1.54) is 12.1 Å². The minimum absolute atomic E-state index is 0.221. The molecule has 3 rings (SSSR count). The molecule has 0 saturated carbocycles. The fourth-order valence-corrected chi connectivity index (χ4v) is 2.29. The van der Waals surface area contributed by atoms with Crippen LogP contribution in [0.15, 0.2) is 45.6 Å². The van der Waals surface area contributed by atoms with E-state index in [0.29, 0.717) is 16.6 Å². The third-order valence-corrected chi connectivity index (χ3v) is 3.27. The van der Waals surface area contributed by atoms with Gasteiger partial charge >= 0.3 is 11.7 Å². The average molecular weight is 301 g/mol. The van der Waals surface area contributed by atoms with E-state index in [-0.39, 0.29) is 17.1 Å². The second-order valence-corrected chi connectivity index (χ2v) is 4.71. The molecule has 0 fully saturated rings. The fraction of sp³-hybridized carbons (Fsp3) is 0.0667. The lowest BCUT2D eigenvalue weighted by Gasteiger charge is -2.05. The number of phenols is 2. The Morgan fingerprint density at radius 2 is 1.91 bits per heavy atom. The molecule has 112 valence electrons. The third-order valence-electron chi connectivity index (χ3n) is 3.27. The van der Waals surface area contributed by atoms with Crippen molar-refractivity contribution in [2.45, 2.75) is 6.54 Å². The van der Waals surface area contributed by atoms with Crippen LogP contribution in [-0.4, -0.2) is 25.9 Å². The zero-order valence-electron chi connectivity index (χ0n) is 11.2. The molecule has 22 heavy (non-hydrogen) atoms. The second kappa shape index (κ2) is 4.96. The summed E-state index contributed by atoms with van der Waals surface area (Å²) < 4.78 is 6.17. The van der Waals surface area contributed by atoms with Crippen molar-refractivity contribution >= 4 is 17.1 Å². The van der Waals surface area contributed by atoms with E-state index in [9.17, 15) is 19.8 Å². The van der Waals surface area contributed by atoms with Crippen LogP contribution < -0.4 is 5.76 Å². The van der Waals surface area contributed by atoms with Gasteiger partial charge in [-0.05, 0) is 23.8 Å². The van der Waals surface area contributed by atoms with Crippen LogP contribution in [0.2, 0.25) is 0 Å². The molecule has 3 N–H and O–H groups in total. The highest BCUT2D eigenvalue weighted by molar-refractivity contribution is 5.91. The number of aromatic hydroxyl groups is 2. The Bertz CT molecular complexity index is 937. The maximum atomic E-state index is 11.8. The number of aromatic nitrogens is 1. The third kappa shape index (κ3) is 2.18. The molecule has 0 amide bonds. The normalized spacial score (nSPS) is 10.9. The van der Waals surface area contributed by atoms with E-state index in [4.69, 9.17) is 9.52 Å². The molecule has 7 nitrogen and oxygen atoms in total. The number of hydrogen-bond donors (Lipinski definition) is 3. The molecule has 0 aliphatic rings. The predicted octanol–water partition coefficient (Wildman–Crippen LogP) is 1.76. The van der Waals surface area contributed by atoms with Gasteiger partial charge < -0.3 is 19.7 Å². The van der Waals surface area contributed by atoms with Gasteiger partial charge in [-0.2, -0.15) is 0 Å². The van der Waals surface area contributed by atoms with Crippen LogP contribution in [-0.2, 0) is 11.3 Å². The first-order valence-corrected chi connectivity index (χ1v) is 6.34. The van der Waals surface area contributed by atoms with Crippen molar-refractivity contribution < 1.29 is 24.5 Å². The molecule has 0 saturated heterocycles. The molecule has 0 radical (unpaired) electrons. The second-order valence-electron chi connectivity index (χ2n) is 4.71. The fourth-order valence-electron chi connectivity index (χ4n) is 2.29. The largest absolute Gasteiger partial charge is 0.504 e. The molecule has 0 atom stereocenters. The Kier molecular flexibility index (Phi) is 3.10. The summed E-state index contributed by atoms with van der Waals surface area (Å²) in [6.45, 7) is -0.504. The summed E-state index contributed by atoms with van der Waals surface area (Å²) in [6.07, 6.45) is 0. The first kappa shape index (κ1) is 13.7. The van der Waals surface area contributed by atoms with Crippen LogP contribution in [0.5, 0.6) is 11.5 Å². The van der Waals surface area contributed by atoms with Crippen molar-refractivity contribution in [3.63, 3.8) is 0 Å². The number of aliphatic carboxylic acids is 1. The van der Waals surface area contributed by atoms with E-state index < -0.39 is 18.3 Å². The molecule has 0 unspecified atom stereocenters. The van der Waals surface area contributed by atoms with Gasteiger partial charge in [0, 0.05) is 5.56 Å². The minimum atomic E-state index is -1.16. The van der Waals surface area contributed by atoms with Gasteiger partial charge in [-0.25, -0.2) is 4.79 Å². The summed E-state index contributed by atoms with van der Waals surface area (Å²) in [4.78, 5) is 22.7. The molecule has 0 aliphatic carbocycles. The summed E-state index contributed by atoms with van der Waals surface area (Å²) in [7, 11) is 0. The topological polar surface area (TPSA) is 113 Å². The lowest BCUT2D eigenvalue weighted by Crippen LogP contribution is -2.19. The molecule has 0 spiro atoms. The average Bonchev–Trinajstić information content (AvgIpc) is 2.78. The molecule has 7 heteroatoms. The van der Waals surface area contributed by atoms with Gasteiger partial charge in [0.25, 0.3) is 0 Å². The molecular weight excluding hydrogens is 290 g/mol. The zero-order valence-corrected chi connectivity index (χ0v) is 11.2. The number of nitrogens with zero attached hydrogens (tertiary/aromatic N) is 1. The number of phenolic OH excluding ortho intramolecular Hbond substituents is 2. The van der Waals surface area contributed by atoms with Crippen molar-refractivity contribution in [1.82, 2.24) is 4.57 Å². The first-order chi connectivity index (χ1) is 10.5. The number of benzene rings is 2. The van der Waals surface area contributed by atoms with Crippen LogP contribution in [0, 0.1) is 0 Å². The van der Waals surface area contributed by atoms with Crippen LogP contribution in [0.4, 0.5) is 0 Å². The number of carboxylic acid groups (broad SMARTS) is 1. The maximum Gasteiger partial charge on any atom is 0.420 e. The standard InChI is InChI=1S/C15H11NO6/c17-11-5-4-8(6-12(11)18)9-2-1-3-10-14(9)22-15(21)16(10)7-13(19)20/h1-6,17-18H,7H2,(H,19,20). The Morgan fingerprint density at radius 1 is 1.14 bits per heavy atom. The Balaban J connectivity index is 2.25. The molecule has 0 bridgehead atoms. The summed E-state index contributed by atoms with van der Waals surface area (Å²) in [5, 5.41) is 27.8. The Labute approximate surface area is 123 Å². The minimum Gasteiger partial charge on any atom is -0.504 e. The van der Waals surface area contributed by atoms with Crippen molar-refractivity contribution in [2.75, 3.05) is 0 Å². The van der Waals surface area contributed by atoms with Crippen LogP contribution in [0.25, 0.3) is 22.2 Å². The molecule has 2 aromatic carbocycles. The molecule has 0 aliphatic heterocycles. The van der Waals surface area contributed by atoms with E-state index in [2.05, 4.69) is 0 Å².